The number of aliphatic hydroxyl groups excluding tert-OH is 1. The first kappa shape index (κ1) is 21.6. The summed E-state index contributed by atoms with van der Waals surface area (Å²) in [5.41, 5.74) is 1.24. The first-order chi connectivity index (χ1) is 15.9. The lowest BCUT2D eigenvalue weighted by Gasteiger charge is -2.26. The van der Waals surface area contributed by atoms with E-state index in [1.165, 1.54) is 18.6 Å². The smallest absolute Gasteiger partial charge is 0.394 e. The number of nitrogens with zero attached hydrogens (tertiary/aromatic N) is 6. The van der Waals surface area contributed by atoms with Crippen LogP contribution in [0.4, 0.5) is 19.1 Å². The Labute approximate surface area is 191 Å². The van der Waals surface area contributed by atoms with Gasteiger partial charge in [0.1, 0.15) is 11.5 Å². The van der Waals surface area contributed by atoms with Gasteiger partial charge in [0.2, 0.25) is 5.95 Å². The lowest BCUT2D eigenvalue weighted by atomic mass is 9.98. The van der Waals surface area contributed by atoms with Gasteiger partial charge in [-0.15, -0.1) is 10.2 Å². The minimum absolute atomic E-state index is 0.0445. The maximum absolute atomic E-state index is 13.5. The zero-order valence-corrected chi connectivity index (χ0v) is 17.9. The van der Waals surface area contributed by atoms with Gasteiger partial charge in [-0.25, -0.2) is 9.97 Å². The normalized spacial score (nSPS) is 16.6. The summed E-state index contributed by atoms with van der Waals surface area (Å²) in [4.78, 5) is 10.8. The Hall–Kier alpha value is -3.24. The number of anilines is 1. The molecule has 4 aromatic rings. The molecule has 0 amide bonds. The van der Waals surface area contributed by atoms with E-state index in [9.17, 15) is 18.3 Å². The zero-order chi connectivity index (χ0) is 23.2. The molecule has 7 nitrogen and oxygen atoms in total. The molecular weight excluding hydrogens is 457 g/mol. The van der Waals surface area contributed by atoms with Crippen LogP contribution in [0, 0.1) is 0 Å². The van der Waals surface area contributed by atoms with Crippen molar-refractivity contribution in [2.24, 2.45) is 0 Å². The SMILES string of the molecule is OCC1CCCN1c1nc(-c2ccnc(Cl)c2)c(-c2cccc(C(F)(F)F)c2)c2nncn12. The van der Waals surface area contributed by atoms with E-state index in [1.807, 2.05) is 4.90 Å². The molecule has 1 N–H and O–H groups in total. The van der Waals surface area contributed by atoms with Crippen molar-refractivity contribution < 1.29 is 18.3 Å². The third-order valence-electron chi connectivity index (χ3n) is 5.76. The highest BCUT2D eigenvalue weighted by Crippen LogP contribution is 2.39. The van der Waals surface area contributed by atoms with Gasteiger partial charge >= 0.3 is 6.18 Å². The Morgan fingerprint density at radius 3 is 2.76 bits per heavy atom. The van der Waals surface area contributed by atoms with Crippen LogP contribution >= 0.6 is 11.6 Å². The van der Waals surface area contributed by atoms with E-state index in [-0.39, 0.29) is 17.8 Å². The summed E-state index contributed by atoms with van der Waals surface area (Å²) in [6.07, 6.45) is 0.160. The number of benzene rings is 1. The highest BCUT2D eigenvalue weighted by atomic mass is 35.5. The van der Waals surface area contributed by atoms with Crippen molar-refractivity contribution in [3.05, 3.63) is 59.6 Å². The Balaban J connectivity index is 1.82. The average Bonchev–Trinajstić information content (AvgIpc) is 3.47. The standard InChI is InChI=1S/C22H18ClF3N6O/c23-17-10-14(6-7-27-17)19-18(13-3-1-4-15(9-13)22(24,25)26)20-30-28-12-32(20)21(29-19)31-8-2-5-16(31)11-33/h1,3-4,6-7,9-10,12,16,33H,2,5,8,11H2. The topological polar surface area (TPSA) is 79.4 Å². The van der Waals surface area contributed by atoms with E-state index in [2.05, 4.69) is 15.2 Å². The first-order valence-electron chi connectivity index (χ1n) is 10.3. The number of pyridine rings is 1. The van der Waals surface area contributed by atoms with Gasteiger partial charge in [-0.2, -0.15) is 13.2 Å². The predicted octanol–water partition coefficient (Wildman–Crippen LogP) is 4.49. The molecule has 0 saturated carbocycles. The molecule has 1 fully saturated rings. The maximum atomic E-state index is 13.5. The number of halogens is 4. The van der Waals surface area contributed by atoms with Gasteiger partial charge in [0, 0.05) is 18.3 Å². The highest BCUT2D eigenvalue weighted by Gasteiger charge is 2.32. The number of aromatic nitrogens is 5. The van der Waals surface area contributed by atoms with Gasteiger partial charge in [-0.3, -0.25) is 4.40 Å². The summed E-state index contributed by atoms with van der Waals surface area (Å²) in [6, 6.07) is 8.19. The predicted molar refractivity (Wildman–Crippen MR) is 117 cm³/mol. The van der Waals surface area contributed by atoms with Crippen molar-refractivity contribution in [2.75, 3.05) is 18.1 Å². The third-order valence-corrected chi connectivity index (χ3v) is 5.97. The second-order valence-electron chi connectivity index (χ2n) is 7.78. The number of hydrogen-bond donors (Lipinski definition) is 1. The quantitative estimate of drug-likeness (QED) is 0.439. The molecule has 0 aliphatic carbocycles. The summed E-state index contributed by atoms with van der Waals surface area (Å²) in [5, 5.41) is 18.3. The lowest BCUT2D eigenvalue weighted by Crippen LogP contribution is -2.34. The monoisotopic (exact) mass is 474 g/mol. The van der Waals surface area contributed by atoms with Gasteiger partial charge < -0.3 is 10.0 Å². The Kier molecular flexibility index (Phi) is 5.41. The molecule has 1 saturated heterocycles. The first-order valence-corrected chi connectivity index (χ1v) is 10.7. The van der Waals surface area contributed by atoms with E-state index >= 15 is 0 Å². The summed E-state index contributed by atoms with van der Waals surface area (Å²) in [6.45, 7) is 0.627. The molecule has 3 aromatic heterocycles. The molecule has 170 valence electrons. The number of hydrogen-bond acceptors (Lipinski definition) is 6. The fourth-order valence-corrected chi connectivity index (χ4v) is 4.41. The van der Waals surface area contributed by atoms with Gasteiger partial charge in [-0.05, 0) is 42.7 Å². The summed E-state index contributed by atoms with van der Waals surface area (Å²) >= 11 is 6.12. The van der Waals surface area contributed by atoms with E-state index in [0.717, 1.165) is 25.0 Å². The minimum Gasteiger partial charge on any atom is -0.394 e. The van der Waals surface area contributed by atoms with Gasteiger partial charge in [-0.1, -0.05) is 23.7 Å². The lowest BCUT2D eigenvalue weighted by molar-refractivity contribution is -0.137. The number of alkyl halides is 3. The molecule has 1 atom stereocenters. The van der Waals surface area contributed by atoms with Crippen molar-refractivity contribution in [3.63, 3.8) is 0 Å². The number of aliphatic hydroxyl groups is 1. The van der Waals surface area contributed by atoms with E-state index < -0.39 is 11.7 Å². The fraction of sp³-hybridized carbons (Fsp3) is 0.273. The Morgan fingerprint density at radius 1 is 1.15 bits per heavy atom. The molecule has 5 rings (SSSR count). The molecule has 0 bridgehead atoms. The largest absolute Gasteiger partial charge is 0.416 e. The van der Waals surface area contributed by atoms with Crippen LogP contribution in [-0.2, 0) is 6.18 Å². The van der Waals surface area contributed by atoms with E-state index in [4.69, 9.17) is 16.6 Å². The number of fused-ring (bicyclic) bond motifs is 1. The zero-order valence-electron chi connectivity index (χ0n) is 17.2. The van der Waals surface area contributed by atoms with Crippen LogP contribution in [0.3, 0.4) is 0 Å². The summed E-state index contributed by atoms with van der Waals surface area (Å²) < 4.78 is 42.0. The molecule has 1 aliphatic heterocycles. The Morgan fingerprint density at radius 2 is 2.00 bits per heavy atom. The summed E-state index contributed by atoms with van der Waals surface area (Å²) in [5.74, 6) is 0.505. The van der Waals surface area contributed by atoms with Crippen LogP contribution < -0.4 is 4.90 Å². The third kappa shape index (κ3) is 3.89. The molecular formula is C22H18ClF3N6O. The fourth-order valence-electron chi connectivity index (χ4n) is 4.23. The molecule has 1 aliphatic rings. The second kappa shape index (κ2) is 8.27. The van der Waals surface area contributed by atoms with Crippen molar-refractivity contribution in [1.82, 2.24) is 24.6 Å². The second-order valence-corrected chi connectivity index (χ2v) is 8.17. The van der Waals surface area contributed by atoms with E-state index in [0.29, 0.717) is 40.5 Å². The highest BCUT2D eigenvalue weighted by molar-refractivity contribution is 6.29. The molecule has 0 radical (unpaired) electrons. The van der Waals surface area contributed by atoms with Gasteiger partial charge in [0.05, 0.1) is 29.5 Å². The molecule has 33 heavy (non-hydrogen) atoms. The molecule has 4 heterocycles. The molecule has 1 aromatic carbocycles. The van der Waals surface area contributed by atoms with Crippen molar-refractivity contribution in [2.45, 2.75) is 25.1 Å². The van der Waals surface area contributed by atoms with Crippen molar-refractivity contribution >= 4 is 23.2 Å². The summed E-state index contributed by atoms with van der Waals surface area (Å²) in [7, 11) is 0. The van der Waals surface area contributed by atoms with E-state index in [1.54, 1.807) is 22.6 Å². The molecule has 1 unspecified atom stereocenters. The van der Waals surface area contributed by atoms with Crippen LogP contribution in [0.15, 0.2) is 48.9 Å². The van der Waals surface area contributed by atoms with Crippen LogP contribution in [0.1, 0.15) is 18.4 Å². The maximum Gasteiger partial charge on any atom is 0.416 e. The van der Waals surface area contributed by atoms with Gasteiger partial charge in [0.25, 0.3) is 0 Å². The van der Waals surface area contributed by atoms with Crippen molar-refractivity contribution in [1.29, 1.82) is 0 Å². The van der Waals surface area contributed by atoms with Gasteiger partial charge in [0.15, 0.2) is 5.65 Å². The van der Waals surface area contributed by atoms with Crippen LogP contribution in [0.25, 0.3) is 28.0 Å². The molecule has 0 spiro atoms. The Bertz CT molecular complexity index is 1330. The van der Waals surface area contributed by atoms with Crippen LogP contribution in [0.2, 0.25) is 5.15 Å². The van der Waals surface area contributed by atoms with Crippen LogP contribution in [-0.4, -0.2) is 48.9 Å². The van der Waals surface area contributed by atoms with Crippen molar-refractivity contribution in [3.8, 4) is 22.4 Å². The number of rotatable bonds is 4. The van der Waals surface area contributed by atoms with Crippen LogP contribution in [0.5, 0.6) is 0 Å². The minimum atomic E-state index is -4.50. The average molecular weight is 475 g/mol. The molecule has 11 heteroatoms.